The number of nitrogens with two attached hydrogens (primary N) is 1. The summed E-state index contributed by atoms with van der Waals surface area (Å²) in [6.07, 6.45) is 3.12. The summed E-state index contributed by atoms with van der Waals surface area (Å²) in [5, 5.41) is 0. The Balaban J connectivity index is 2.48. The molecule has 0 bridgehead atoms. The number of sulfonamides is 1. The number of pyridine rings is 1. The first-order chi connectivity index (χ1) is 9.05. The van der Waals surface area contributed by atoms with Crippen LogP contribution in [0.3, 0.4) is 0 Å². The zero-order chi connectivity index (χ0) is 13.9. The van der Waals surface area contributed by atoms with Crippen LogP contribution in [0.2, 0.25) is 0 Å². The Kier molecular flexibility index (Phi) is 3.71. The minimum atomic E-state index is -3.60. The van der Waals surface area contributed by atoms with Crippen molar-refractivity contribution < 1.29 is 8.42 Å². The lowest BCUT2D eigenvalue weighted by molar-refractivity contribution is 0.592. The molecule has 5 nitrogen and oxygen atoms in total. The van der Waals surface area contributed by atoms with E-state index in [2.05, 4.69) is 4.98 Å². The van der Waals surface area contributed by atoms with Crippen molar-refractivity contribution in [2.75, 3.05) is 16.6 Å². The molecule has 0 aliphatic carbocycles. The molecule has 0 amide bonds. The molecule has 0 spiro atoms. The van der Waals surface area contributed by atoms with Crippen molar-refractivity contribution in [3.05, 3.63) is 48.8 Å². The fourth-order valence-corrected chi connectivity index (χ4v) is 3.33. The van der Waals surface area contributed by atoms with E-state index in [0.717, 1.165) is 0 Å². The summed E-state index contributed by atoms with van der Waals surface area (Å²) in [4.78, 5) is 4.08. The first-order valence-electron chi connectivity index (χ1n) is 5.84. The number of nitrogens with zero attached hydrogens (tertiary/aromatic N) is 2. The van der Waals surface area contributed by atoms with Gasteiger partial charge in [-0.1, -0.05) is 6.07 Å². The second-order valence-electron chi connectivity index (χ2n) is 3.95. The maximum atomic E-state index is 12.6. The monoisotopic (exact) mass is 277 g/mol. The van der Waals surface area contributed by atoms with Crippen LogP contribution in [0.4, 0.5) is 11.4 Å². The predicted molar refractivity (Wildman–Crippen MR) is 75.3 cm³/mol. The topological polar surface area (TPSA) is 76.3 Å². The van der Waals surface area contributed by atoms with Crippen molar-refractivity contribution in [3.8, 4) is 0 Å². The van der Waals surface area contributed by atoms with Gasteiger partial charge in [0.1, 0.15) is 0 Å². The molecule has 0 saturated heterocycles. The Bertz CT molecular complexity index is 657. The normalized spacial score (nSPS) is 11.2. The van der Waals surface area contributed by atoms with Crippen molar-refractivity contribution >= 4 is 21.4 Å². The molecular formula is C13H15N3O2S. The molecule has 0 atom stereocenters. The van der Waals surface area contributed by atoms with Crippen molar-refractivity contribution in [3.63, 3.8) is 0 Å². The highest BCUT2D eigenvalue weighted by Gasteiger charge is 2.23. The number of nitrogen functional groups attached to an aromatic ring is 1. The van der Waals surface area contributed by atoms with Gasteiger partial charge in [0.05, 0.1) is 10.6 Å². The minimum Gasteiger partial charge on any atom is -0.399 e. The van der Waals surface area contributed by atoms with Crippen molar-refractivity contribution in [1.29, 1.82) is 0 Å². The average Bonchev–Trinajstić information content (AvgIpc) is 2.40. The number of benzene rings is 1. The van der Waals surface area contributed by atoms with Gasteiger partial charge in [0.2, 0.25) is 0 Å². The number of aromatic nitrogens is 1. The molecule has 1 aromatic heterocycles. The van der Waals surface area contributed by atoms with Gasteiger partial charge in [0.15, 0.2) is 0 Å². The fraction of sp³-hybridized carbons (Fsp3) is 0.154. The van der Waals surface area contributed by atoms with E-state index < -0.39 is 10.0 Å². The number of rotatable bonds is 4. The molecule has 0 aliphatic rings. The summed E-state index contributed by atoms with van der Waals surface area (Å²) >= 11 is 0. The lowest BCUT2D eigenvalue weighted by Gasteiger charge is -2.22. The number of hydrogen-bond donors (Lipinski definition) is 1. The van der Waals surface area contributed by atoms with Gasteiger partial charge in [-0.05, 0) is 37.3 Å². The summed E-state index contributed by atoms with van der Waals surface area (Å²) in [7, 11) is -3.60. The van der Waals surface area contributed by atoms with E-state index >= 15 is 0 Å². The zero-order valence-corrected chi connectivity index (χ0v) is 11.3. The molecule has 1 aromatic carbocycles. The zero-order valence-electron chi connectivity index (χ0n) is 10.5. The van der Waals surface area contributed by atoms with E-state index in [-0.39, 0.29) is 4.90 Å². The van der Waals surface area contributed by atoms with Crippen LogP contribution in [0.1, 0.15) is 6.92 Å². The van der Waals surface area contributed by atoms with Crippen molar-refractivity contribution in [1.82, 2.24) is 4.98 Å². The van der Waals surface area contributed by atoms with E-state index in [4.69, 9.17) is 5.73 Å². The smallest absolute Gasteiger partial charge is 0.264 e. The summed E-state index contributed by atoms with van der Waals surface area (Å²) in [6, 6.07) is 9.60. The third-order valence-corrected chi connectivity index (χ3v) is 4.58. The summed E-state index contributed by atoms with van der Waals surface area (Å²) in [5.41, 5.74) is 6.65. The van der Waals surface area contributed by atoms with Crippen LogP contribution in [0.5, 0.6) is 0 Å². The van der Waals surface area contributed by atoms with Gasteiger partial charge >= 0.3 is 0 Å². The molecule has 1 heterocycles. The van der Waals surface area contributed by atoms with Crippen LogP contribution in [-0.4, -0.2) is 19.9 Å². The van der Waals surface area contributed by atoms with E-state index in [1.165, 1.54) is 16.4 Å². The molecule has 0 radical (unpaired) electrons. The van der Waals surface area contributed by atoms with E-state index in [1.54, 1.807) is 43.6 Å². The molecule has 0 aliphatic heterocycles. The standard InChI is InChI=1S/C13H15N3O2S/c1-2-16(12-6-8-15-9-7-12)19(17,18)13-5-3-4-11(14)10-13/h3-10H,2,14H2,1H3. The molecular weight excluding hydrogens is 262 g/mol. The fourth-order valence-electron chi connectivity index (χ4n) is 1.80. The van der Waals surface area contributed by atoms with Crippen LogP contribution >= 0.6 is 0 Å². The molecule has 19 heavy (non-hydrogen) atoms. The van der Waals surface area contributed by atoms with Crippen molar-refractivity contribution in [2.24, 2.45) is 0 Å². The molecule has 6 heteroatoms. The first kappa shape index (κ1) is 13.4. The Morgan fingerprint density at radius 1 is 1.21 bits per heavy atom. The Morgan fingerprint density at radius 3 is 2.47 bits per heavy atom. The van der Waals surface area contributed by atoms with Gasteiger partial charge in [0, 0.05) is 24.6 Å². The third-order valence-electron chi connectivity index (χ3n) is 2.68. The van der Waals surface area contributed by atoms with Crippen LogP contribution in [0.25, 0.3) is 0 Å². The highest BCUT2D eigenvalue weighted by atomic mass is 32.2. The largest absolute Gasteiger partial charge is 0.399 e. The Labute approximate surface area is 112 Å². The summed E-state index contributed by atoms with van der Waals surface area (Å²) in [6.45, 7) is 2.12. The van der Waals surface area contributed by atoms with Gasteiger partial charge in [-0.3, -0.25) is 9.29 Å². The van der Waals surface area contributed by atoms with Gasteiger partial charge in [-0.2, -0.15) is 0 Å². The summed E-state index contributed by atoms with van der Waals surface area (Å²) < 4.78 is 26.5. The van der Waals surface area contributed by atoms with E-state index in [9.17, 15) is 8.42 Å². The molecule has 2 rings (SSSR count). The lowest BCUT2D eigenvalue weighted by Crippen LogP contribution is -2.30. The second-order valence-corrected chi connectivity index (χ2v) is 5.81. The highest BCUT2D eigenvalue weighted by molar-refractivity contribution is 7.92. The predicted octanol–water partition coefficient (Wildman–Crippen LogP) is 1.88. The Morgan fingerprint density at radius 2 is 1.89 bits per heavy atom. The lowest BCUT2D eigenvalue weighted by atomic mass is 10.3. The first-order valence-corrected chi connectivity index (χ1v) is 7.28. The van der Waals surface area contributed by atoms with E-state index in [1.807, 2.05) is 0 Å². The summed E-state index contributed by atoms with van der Waals surface area (Å²) in [5.74, 6) is 0. The maximum Gasteiger partial charge on any atom is 0.264 e. The minimum absolute atomic E-state index is 0.186. The molecule has 100 valence electrons. The van der Waals surface area contributed by atoms with Crippen LogP contribution in [-0.2, 0) is 10.0 Å². The van der Waals surface area contributed by atoms with Crippen LogP contribution in [0, 0.1) is 0 Å². The van der Waals surface area contributed by atoms with Gasteiger partial charge in [-0.15, -0.1) is 0 Å². The quantitative estimate of drug-likeness (QED) is 0.866. The van der Waals surface area contributed by atoms with Gasteiger partial charge in [-0.25, -0.2) is 8.42 Å². The molecule has 0 unspecified atom stereocenters. The SMILES string of the molecule is CCN(c1ccncc1)S(=O)(=O)c1cccc(N)c1. The van der Waals surface area contributed by atoms with Crippen LogP contribution in [0.15, 0.2) is 53.7 Å². The molecule has 2 N–H and O–H groups in total. The van der Waals surface area contributed by atoms with Gasteiger partial charge < -0.3 is 5.73 Å². The molecule has 2 aromatic rings. The van der Waals surface area contributed by atoms with Gasteiger partial charge in [0.25, 0.3) is 10.0 Å². The molecule has 0 fully saturated rings. The number of anilines is 2. The van der Waals surface area contributed by atoms with Crippen LogP contribution < -0.4 is 10.0 Å². The van der Waals surface area contributed by atoms with E-state index in [0.29, 0.717) is 17.9 Å². The Hall–Kier alpha value is -2.08. The maximum absolute atomic E-state index is 12.6. The molecule has 0 saturated carbocycles. The third kappa shape index (κ3) is 2.68. The average molecular weight is 277 g/mol. The number of hydrogen-bond acceptors (Lipinski definition) is 4. The second kappa shape index (κ2) is 5.27. The van der Waals surface area contributed by atoms with Crippen molar-refractivity contribution in [2.45, 2.75) is 11.8 Å². The highest BCUT2D eigenvalue weighted by Crippen LogP contribution is 2.23.